The van der Waals surface area contributed by atoms with E-state index in [1.807, 2.05) is 10.7 Å². The second-order valence-electron chi connectivity index (χ2n) is 5.94. The van der Waals surface area contributed by atoms with E-state index in [2.05, 4.69) is 18.9 Å². The third kappa shape index (κ3) is 7.45. The molecule has 1 rings (SSSR count). The number of ketones is 1. The molecule has 3 heteroatoms. The zero-order valence-electron chi connectivity index (χ0n) is 13.9. The molecule has 0 radical (unpaired) electrons. The van der Waals surface area contributed by atoms with Gasteiger partial charge >= 0.3 is 0 Å². The molecular formula is C18H32N2O. The smallest absolute Gasteiger partial charge is 0.180 e. The van der Waals surface area contributed by atoms with Crippen molar-refractivity contribution in [2.45, 2.75) is 91.0 Å². The topological polar surface area (TPSA) is 34.9 Å². The van der Waals surface area contributed by atoms with Crippen molar-refractivity contribution in [1.29, 1.82) is 0 Å². The van der Waals surface area contributed by atoms with Crippen LogP contribution in [0.15, 0.2) is 12.3 Å². The third-order valence-electron chi connectivity index (χ3n) is 3.95. The van der Waals surface area contributed by atoms with Gasteiger partial charge < -0.3 is 0 Å². The molecule has 0 amide bonds. The average molecular weight is 292 g/mol. The number of hydrogen-bond donors (Lipinski definition) is 0. The van der Waals surface area contributed by atoms with E-state index in [1.165, 1.54) is 51.4 Å². The second kappa shape index (κ2) is 11.5. The van der Waals surface area contributed by atoms with Crippen molar-refractivity contribution in [3.8, 4) is 0 Å². The Morgan fingerprint density at radius 3 is 2.19 bits per heavy atom. The first kappa shape index (κ1) is 17.9. The van der Waals surface area contributed by atoms with Crippen LogP contribution >= 0.6 is 0 Å². The summed E-state index contributed by atoms with van der Waals surface area (Å²) >= 11 is 0. The number of nitrogens with zero attached hydrogens (tertiary/aromatic N) is 2. The summed E-state index contributed by atoms with van der Waals surface area (Å²) in [5.74, 6) is 0.254. The lowest BCUT2D eigenvalue weighted by Crippen LogP contribution is -2.10. The van der Waals surface area contributed by atoms with E-state index in [1.54, 1.807) is 6.20 Å². The van der Waals surface area contributed by atoms with Gasteiger partial charge in [0.15, 0.2) is 5.78 Å². The first-order valence-electron chi connectivity index (χ1n) is 8.84. The van der Waals surface area contributed by atoms with Crippen LogP contribution in [0.1, 0.15) is 95.0 Å². The van der Waals surface area contributed by atoms with Crippen molar-refractivity contribution in [2.75, 3.05) is 0 Å². The molecule has 0 spiro atoms. The quantitative estimate of drug-likeness (QED) is 0.360. The van der Waals surface area contributed by atoms with E-state index in [0.717, 1.165) is 25.1 Å². The van der Waals surface area contributed by atoms with E-state index in [-0.39, 0.29) is 5.78 Å². The van der Waals surface area contributed by atoms with Crippen LogP contribution in [0.3, 0.4) is 0 Å². The highest BCUT2D eigenvalue weighted by molar-refractivity contribution is 5.94. The maximum atomic E-state index is 12.1. The summed E-state index contributed by atoms with van der Waals surface area (Å²) in [6, 6.07) is 1.85. The van der Waals surface area contributed by atoms with Crippen LogP contribution in [0.4, 0.5) is 0 Å². The average Bonchev–Trinajstić information content (AvgIpc) is 2.94. The van der Waals surface area contributed by atoms with Gasteiger partial charge in [0.25, 0.3) is 0 Å². The molecule has 1 heterocycles. The highest BCUT2D eigenvalue weighted by Gasteiger charge is 2.10. The van der Waals surface area contributed by atoms with Crippen LogP contribution in [-0.2, 0) is 6.54 Å². The Kier molecular flexibility index (Phi) is 9.84. The number of carbonyl (C=O) groups is 1. The fourth-order valence-electron chi connectivity index (χ4n) is 2.68. The van der Waals surface area contributed by atoms with E-state index in [9.17, 15) is 4.79 Å². The maximum Gasteiger partial charge on any atom is 0.180 e. The van der Waals surface area contributed by atoms with Crippen molar-refractivity contribution in [1.82, 2.24) is 9.78 Å². The van der Waals surface area contributed by atoms with Gasteiger partial charge in [0.05, 0.1) is 0 Å². The van der Waals surface area contributed by atoms with Gasteiger partial charge in [-0.3, -0.25) is 9.48 Å². The minimum Gasteiger partial charge on any atom is -0.292 e. The summed E-state index contributed by atoms with van der Waals surface area (Å²) in [5.41, 5.74) is 0.788. The zero-order chi connectivity index (χ0) is 15.3. The molecule has 0 aliphatic heterocycles. The molecule has 0 bridgehead atoms. The molecule has 0 aromatic carbocycles. The van der Waals surface area contributed by atoms with Gasteiger partial charge in [0.1, 0.15) is 5.69 Å². The Labute approximate surface area is 130 Å². The van der Waals surface area contributed by atoms with Crippen molar-refractivity contribution < 1.29 is 4.79 Å². The SMILES string of the molecule is CCCCCCCCCCCC(=O)c1ccnn1CCC. The number of carbonyl (C=O) groups excluding carboxylic acids is 1. The van der Waals surface area contributed by atoms with Gasteiger partial charge in [-0.15, -0.1) is 0 Å². The Balaban J connectivity index is 2.07. The molecule has 0 aliphatic rings. The van der Waals surface area contributed by atoms with Crippen molar-refractivity contribution in [3.05, 3.63) is 18.0 Å². The fourth-order valence-corrected chi connectivity index (χ4v) is 2.68. The van der Waals surface area contributed by atoms with Crippen molar-refractivity contribution >= 4 is 5.78 Å². The van der Waals surface area contributed by atoms with Gasteiger partial charge in [-0.25, -0.2) is 0 Å². The summed E-state index contributed by atoms with van der Waals surface area (Å²) in [6.45, 7) is 5.20. The summed E-state index contributed by atoms with van der Waals surface area (Å²) in [5, 5.41) is 4.22. The Morgan fingerprint density at radius 2 is 1.57 bits per heavy atom. The largest absolute Gasteiger partial charge is 0.292 e. The summed E-state index contributed by atoms with van der Waals surface area (Å²) in [7, 11) is 0. The normalized spacial score (nSPS) is 11.0. The number of aromatic nitrogens is 2. The molecule has 1 aromatic rings. The molecule has 0 atom stereocenters. The van der Waals surface area contributed by atoms with Gasteiger partial charge in [-0.05, 0) is 18.9 Å². The van der Waals surface area contributed by atoms with Gasteiger partial charge in [0, 0.05) is 19.2 Å². The van der Waals surface area contributed by atoms with Gasteiger partial charge in [-0.1, -0.05) is 65.2 Å². The molecule has 21 heavy (non-hydrogen) atoms. The van der Waals surface area contributed by atoms with Gasteiger partial charge in [-0.2, -0.15) is 5.10 Å². The predicted octanol–water partition coefficient (Wildman–Crippen LogP) is 5.40. The standard InChI is InChI=1S/C18H32N2O/c1-3-5-6-7-8-9-10-11-12-13-18(21)17-14-15-19-20(17)16-4-2/h14-15H,3-13,16H2,1-2H3. The minimum absolute atomic E-state index is 0.254. The molecule has 0 saturated carbocycles. The number of hydrogen-bond acceptors (Lipinski definition) is 2. The highest BCUT2D eigenvalue weighted by atomic mass is 16.1. The lowest BCUT2D eigenvalue weighted by atomic mass is 10.0. The van der Waals surface area contributed by atoms with Gasteiger partial charge in [0.2, 0.25) is 0 Å². The van der Waals surface area contributed by atoms with E-state index >= 15 is 0 Å². The highest BCUT2D eigenvalue weighted by Crippen LogP contribution is 2.12. The predicted molar refractivity (Wildman–Crippen MR) is 88.7 cm³/mol. The zero-order valence-corrected chi connectivity index (χ0v) is 13.9. The molecule has 1 aromatic heterocycles. The summed E-state index contributed by atoms with van der Waals surface area (Å²) in [6.07, 6.45) is 15.0. The Bertz CT molecular complexity index is 384. The molecular weight excluding hydrogens is 260 g/mol. The molecule has 0 unspecified atom stereocenters. The molecule has 0 fully saturated rings. The molecule has 120 valence electrons. The second-order valence-corrected chi connectivity index (χ2v) is 5.94. The lowest BCUT2D eigenvalue weighted by Gasteiger charge is -2.05. The lowest BCUT2D eigenvalue weighted by molar-refractivity contribution is 0.0968. The first-order valence-corrected chi connectivity index (χ1v) is 8.84. The van der Waals surface area contributed by atoms with E-state index in [0.29, 0.717) is 6.42 Å². The monoisotopic (exact) mass is 292 g/mol. The molecule has 3 nitrogen and oxygen atoms in total. The van der Waals surface area contributed by atoms with Crippen LogP contribution in [0.2, 0.25) is 0 Å². The number of unbranched alkanes of at least 4 members (excludes halogenated alkanes) is 8. The number of Topliss-reactive ketones (excluding diaryl/α,β-unsaturated/α-hetero) is 1. The Hall–Kier alpha value is -1.12. The molecule has 0 aliphatic carbocycles. The van der Waals surface area contributed by atoms with E-state index in [4.69, 9.17) is 0 Å². The van der Waals surface area contributed by atoms with Crippen LogP contribution in [-0.4, -0.2) is 15.6 Å². The Morgan fingerprint density at radius 1 is 0.952 bits per heavy atom. The van der Waals surface area contributed by atoms with Crippen molar-refractivity contribution in [3.63, 3.8) is 0 Å². The van der Waals surface area contributed by atoms with Crippen LogP contribution < -0.4 is 0 Å². The minimum atomic E-state index is 0.254. The van der Waals surface area contributed by atoms with Crippen LogP contribution in [0, 0.1) is 0 Å². The number of rotatable bonds is 13. The summed E-state index contributed by atoms with van der Waals surface area (Å²) < 4.78 is 1.84. The first-order chi connectivity index (χ1) is 10.3. The number of aryl methyl sites for hydroxylation is 1. The fraction of sp³-hybridized carbons (Fsp3) is 0.778. The van der Waals surface area contributed by atoms with Crippen molar-refractivity contribution in [2.24, 2.45) is 0 Å². The third-order valence-corrected chi connectivity index (χ3v) is 3.95. The van der Waals surface area contributed by atoms with E-state index < -0.39 is 0 Å². The molecule has 0 saturated heterocycles. The van der Waals surface area contributed by atoms with Crippen LogP contribution in [0.5, 0.6) is 0 Å². The maximum absolute atomic E-state index is 12.1. The molecule has 0 N–H and O–H groups in total. The van der Waals surface area contributed by atoms with Crippen LogP contribution in [0.25, 0.3) is 0 Å². The summed E-state index contributed by atoms with van der Waals surface area (Å²) in [4.78, 5) is 12.1.